The van der Waals surface area contributed by atoms with Crippen molar-refractivity contribution in [1.29, 1.82) is 0 Å². The lowest BCUT2D eigenvalue weighted by Crippen LogP contribution is -2.43. The predicted molar refractivity (Wildman–Crippen MR) is 139 cm³/mol. The zero-order chi connectivity index (χ0) is 24.2. The van der Waals surface area contributed by atoms with E-state index in [1.54, 1.807) is 11.8 Å². The molecule has 2 aliphatic heterocycles. The molecule has 180 valence electrons. The van der Waals surface area contributed by atoms with Gasteiger partial charge in [-0.1, -0.05) is 23.9 Å². The highest BCUT2D eigenvalue weighted by Gasteiger charge is 2.27. The third kappa shape index (κ3) is 5.69. The number of amides is 2. The summed E-state index contributed by atoms with van der Waals surface area (Å²) < 4.78 is 5.44. The van der Waals surface area contributed by atoms with Crippen LogP contribution in [0.15, 0.2) is 64.6 Å². The highest BCUT2D eigenvalue weighted by atomic mass is 32.2. The van der Waals surface area contributed by atoms with Crippen molar-refractivity contribution in [2.75, 3.05) is 47.6 Å². The molecular weight excluding hydrogens is 480 g/mol. The van der Waals surface area contributed by atoms with E-state index in [-0.39, 0.29) is 11.8 Å². The number of nitrogens with zero attached hydrogens (tertiary/aromatic N) is 4. The molecule has 5 rings (SSSR count). The van der Waals surface area contributed by atoms with Crippen LogP contribution in [0.1, 0.15) is 17.0 Å². The van der Waals surface area contributed by atoms with Crippen LogP contribution in [0.2, 0.25) is 0 Å². The van der Waals surface area contributed by atoms with E-state index in [0.717, 1.165) is 47.6 Å². The zero-order valence-electron chi connectivity index (χ0n) is 19.5. The Bertz CT molecular complexity index is 1200. The van der Waals surface area contributed by atoms with Crippen LogP contribution in [0.3, 0.4) is 0 Å². The summed E-state index contributed by atoms with van der Waals surface area (Å²) in [6.07, 6.45) is 2.53. The second-order valence-corrected chi connectivity index (χ2v) is 10.5. The summed E-state index contributed by atoms with van der Waals surface area (Å²) in [5, 5.41) is 0.897. The number of morpholine rings is 1. The van der Waals surface area contributed by atoms with Gasteiger partial charge in [0.25, 0.3) is 0 Å². The largest absolute Gasteiger partial charge is 0.378 e. The highest BCUT2D eigenvalue weighted by molar-refractivity contribution is 8.00. The number of thioether (sulfide) groups is 1. The number of aromatic nitrogens is 2. The molecule has 0 saturated carbocycles. The van der Waals surface area contributed by atoms with Crippen molar-refractivity contribution in [1.82, 2.24) is 9.97 Å². The van der Waals surface area contributed by atoms with Gasteiger partial charge in [0.2, 0.25) is 11.8 Å². The van der Waals surface area contributed by atoms with Crippen molar-refractivity contribution in [2.24, 2.45) is 0 Å². The van der Waals surface area contributed by atoms with Gasteiger partial charge in [0, 0.05) is 36.3 Å². The maximum atomic E-state index is 12.2. The summed E-state index contributed by atoms with van der Waals surface area (Å²) in [4.78, 5) is 38.3. The first-order chi connectivity index (χ1) is 17.1. The van der Waals surface area contributed by atoms with Gasteiger partial charge in [-0.25, -0.2) is 14.9 Å². The van der Waals surface area contributed by atoms with E-state index < -0.39 is 0 Å². The van der Waals surface area contributed by atoms with Crippen LogP contribution in [-0.4, -0.2) is 59.6 Å². The van der Waals surface area contributed by atoms with E-state index in [9.17, 15) is 9.59 Å². The van der Waals surface area contributed by atoms with E-state index in [2.05, 4.69) is 34.1 Å². The molecule has 2 fully saturated rings. The van der Waals surface area contributed by atoms with Crippen molar-refractivity contribution in [3.63, 3.8) is 0 Å². The lowest BCUT2D eigenvalue weighted by atomic mass is 10.1. The van der Waals surface area contributed by atoms with Crippen LogP contribution in [0, 0.1) is 6.92 Å². The number of carbonyl (C=O) groups is 2. The fourth-order valence-electron chi connectivity index (χ4n) is 4.03. The molecule has 7 nitrogen and oxygen atoms in total. The molecule has 2 aromatic carbocycles. The summed E-state index contributed by atoms with van der Waals surface area (Å²) in [5.41, 5.74) is 4.00. The molecule has 0 bridgehead atoms. The quantitative estimate of drug-likeness (QED) is 0.367. The number of aryl methyl sites for hydroxylation is 1. The van der Waals surface area contributed by atoms with Crippen molar-refractivity contribution >= 4 is 46.7 Å². The number of rotatable bonds is 6. The average Bonchev–Trinajstić information content (AvgIpc) is 2.88. The molecular formula is C26H26N4O3S2. The Kier molecular flexibility index (Phi) is 7.36. The van der Waals surface area contributed by atoms with Crippen LogP contribution in [-0.2, 0) is 20.7 Å². The smallest absolute Gasteiger partial charge is 0.243 e. The number of hydrogen-bond acceptors (Lipinski definition) is 8. The minimum absolute atomic E-state index is 0.166. The van der Waals surface area contributed by atoms with E-state index in [0.29, 0.717) is 23.6 Å². The Balaban J connectivity index is 1.26. The van der Waals surface area contributed by atoms with Gasteiger partial charge in [-0.05, 0) is 54.4 Å². The fourth-order valence-corrected chi connectivity index (χ4v) is 5.60. The van der Waals surface area contributed by atoms with Crippen molar-refractivity contribution < 1.29 is 14.3 Å². The molecule has 0 unspecified atom stereocenters. The van der Waals surface area contributed by atoms with Crippen molar-refractivity contribution in [3.8, 4) is 0 Å². The van der Waals surface area contributed by atoms with Gasteiger partial charge in [0.15, 0.2) is 0 Å². The fraction of sp³-hybridized carbons (Fsp3) is 0.308. The lowest BCUT2D eigenvalue weighted by Gasteiger charge is -2.28. The summed E-state index contributed by atoms with van der Waals surface area (Å²) in [6.45, 7) is 5.39. The molecule has 0 aliphatic carbocycles. The topological polar surface area (TPSA) is 75.6 Å². The molecule has 35 heavy (non-hydrogen) atoms. The average molecular weight is 507 g/mol. The molecule has 2 saturated heterocycles. The number of hydrogen-bond donors (Lipinski definition) is 0. The van der Waals surface area contributed by atoms with Crippen molar-refractivity contribution in [3.05, 3.63) is 71.7 Å². The Morgan fingerprint density at radius 1 is 0.943 bits per heavy atom. The molecule has 0 radical (unpaired) electrons. The van der Waals surface area contributed by atoms with E-state index >= 15 is 0 Å². The predicted octanol–water partition coefficient (Wildman–Crippen LogP) is 3.97. The number of benzene rings is 2. The maximum Gasteiger partial charge on any atom is 0.243 e. The van der Waals surface area contributed by atoms with Crippen LogP contribution in [0.4, 0.5) is 11.4 Å². The molecule has 3 heterocycles. The van der Waals surface area contributed by atoms with Crippen molar-refractivity contribution in [2.45, 2.75) is 23.3 Å². The Morgan fingerprint density at radius 3 is 2.29 bits per heavy atom. The minimum Gasteiger partial charge on any atom is -0.378 e. The first-order valence-corrected chi connectivity index (χ1v) is 13.5. The second-order valence-electron chi connectivity index (χ2n) is 8.43. The molecule has 9 heteroatoms. The highest BCUT2D eigenvalue weighted by Crippen LogP contribution is 2.31. The molecule has 3 aromatic rings. The van der Waals surface area contributed by atoms with E-state index in [4.69, 9.17) is 9.72 Å². The van der Waals surface area contributed by atoms with Crippen LogP contribution < -0.4 is 9.80 Å². The first-order valence-electron chi connectivity index (χ1n) is 11.5. The van der Waals surface area contributed by atoms with Gasteiger partial charge >= 0.3 is 0 Å². The summed E-state index contributed by atoms with van der Waals surface area (Å²) in [7, 11) is 0. The molecule has 0 spiro atoms. The monoisotopic (exact) mass is 506 g/mol. The lowest BCUT2D eigenvalue weighted by molar-refractivity contribution is -0.124. The first kappa shape index (κ1) is 23.8. The molecule has 0 atom stereocenters. The Hall–Kier alpha value is -2.88. The van der Waals surface area contributed by atoms with Crippen LogP contribution >= 0.6 is 23.5 Å². The normalized spacial score (nSPS) is 16.6. The van der Waals surface area contributed by atoms with Gasteiger partial charge in [-0.3, -0.25) is 9.59 Å². The molecule has 2 aliphatic rings. The summed E-state index contributed by atoms with van der Waals surface area (Å²) >= 11 is 2.91. The van der Waals surface area contributed by atoms with Gasteiger partial charge in [0.1, 0.15) is 10.9 Å². The maximum absolute atomic E-state index is 12.2. The molecule has 0 N–H and O–H groups in total. The van der Waals surface area contributed by atoms with Gasteiger partial charge in [0.05, 0.1) is 30.4 Å². The van der Waals surface area contributed by atoms with E-state index in [1.807, 2.05) is 37.4 Å². The second kappa shape index (κ2) is 10.8. The van der Waals surface area contributed by atoms with Crippen LogP contribution in [0.25, 0.3) is 0 Å². The molecule has 1 aromatic heterocycles. The third-order valence-corrected chi connectivity index (χ3v) is 7.93. The SMILES string of the molecule is Cc1cnc(Cc2ccc(N3CCOCC3)cc2)nc1Sc1ccc(N2C(=O)CSCC2=O)cc1. The zero-order valence-corrected chi connectivity index (χ0v) is 21.1. The van der Waals surface area contributed by atoms with E-state index in [1.165, 1.54) is 27.9 Å². The third-order valence-electron chi connectivity index (χ3n) is 5.91. The van der Waals surface area contributed by atoms with Gasteiger partial charge in [-0.15, -0.1) is 11.8 Å². The van der Waals surface area contributed by atoms with Crippen LogP contribution in [0.5, 0.6) is 0 Å². The number of carbonyl (C=O) groups excluding carboxylic acids is 2. The number of ether oxygens (including phenoxy) is 1. The summed E-state index contributed by atoms with van der Waals surface area (Å²) in [6, 6.07) is 16.1. The minimum atomic E-state index is -0.166. The number of imide groups is 1. The Labute approximate surface area is 213 Å². The number of anilines is 2. The molecule has 2 amide bonds. The Morgan fingerprint density at radius 2 is 1.60 bits per heavy atom. The van der Waals surface area contributed by atoms with Gasteiger partial charge in [-0.2, -0.15) is 0 Å². The van der Waals surface area contributed by atoms with Gasteiger partial charge < -0.3 is 9.64 Å². The summed E-state index contributed by atoms with van der Waals surface area (Å²) in [5.74, 6) is 1.11. The standard InChI is InChI=1S/C26H26N4O3S2/c1-18-15-27-23(14-19-2-4-20(5-3-19)29-10-12-33-13-11-29)28-26(18)35-22-8-6-21(7-9-22)30-24(31)16-34-17-25(30)32/h2-9,15H,10-14,16-17H2,1H3.